The van der Waals surface area contributed by atoms with Gasteiger partial charge in [-0.1, -0.05) is 6.07 Å². The van der Waals surface area contributed by atoms with Crippen LogP contribution in [0.15, 0.2) is 35.7 Å². The lowest BCUT2D eigenvalue weighted by atomic mass is 10.2. The Labute approximate surface area is 122 Å². The quantitative estimate of drug-likeness (QED) is 0.858. The maximum absolute atomic E-state index is 13.9. The van der Waals surface area contributed by atoms with Crippen molar-refractivity contribution in [3.8, 4) is 0 Å². The minimum atomic E-state index is -3.82. The zero-order valence-corrected chi connectivity index (χ0v) is 12.3. The van der Waals surface area contributed by atoms with Gasteiger partial charge in [-0.25, -0.2) is 22.5 Å². The molecule has 3 rings (SSSR count). The van der Waals surface area contributed by atoms with Crippen molar-refractivity contribution in [2.24, 2.45) is 0 Å². The van der Waals surface area contributed by atoms with Crippen LogP contribution in [0.4, 0.5) is 4.39 Å². The maximum Gasteiger partial charge on any atom is 0.246 e. The molecule has 0 amide bonds. The van der Waals surface area contributed by atoms with Crippen molar-refractivity contribution in [3.63, 3.8) is 0 Å². The molecule has 0 saturated carbocycles. The highest BCUT2D eigenvalue weighted by Gasteiger charge is 2.35. The van der Waals surface area contributed by atoms with Crippen molar-refractivity contribution in [1.29, 1.82) is 0 Å². The summed E-state index contributed by atoms with van der Waals surface area (Å²) in [6.07, 6.45) is 3.61. The molecule has 6 nitrogen and oxygen atoms in total. The van der Waals surface area contributed by atoms with Crippen LogP contribution in [0.2, 0.25) is 0 Å². The molecule has 1 aromatic heterocycles. The van der Waals surface area contributed by atoms with Crippen LogP contribution in [-0.4, -0.2) is 40.6 Å². The normalized spacial score (nSPS) is 20.0. The third-order valence-corrected chi connectivity index (χ3v) is 5.52. The summed E-state index contributed by atoms with van der Waals surface area (Å²) in [6, 6.07) is 4.05. The van der Waals surface area contributed by atoms with Gasteiger partial charge in [-0.2, -0.15) is 9.40 Å². The van der Waals surface area contributed by atoms with Crippen LogP contribution in [0.3, 0.4) is 0 Å². The molecule has 1 unspecified atom stereocenters. The zero-order chi connectivity index (χ0) is 15.0. The van der Waals surface area contributed by atoms with Crippen LogP contribution in [0, 0.1) is 12.7 Å². The summed E-state index contributed by atoms with van der Waals surface area (Å²) >= 11 is 0. The lowest BCUT2D eigenvalue weighted by Gasteiger charge is -2.17. The van der Waals surface area contributed by atoms with Crippen molar-refractivity contribution in [3.05, 3.63) is 42.2 Å². The van der Waals surface area contributed by atoms with Gasteiger partial charge in [-0.3, -0.25) is 0 Å². The van der Waals surface area contributed by atoms with E-state index in [1.165, 1.54) is 22.8 Å². The number of hydrogen-bond acceptors (Lipinski definition) is 4. The van der Waals surface area contributed by atoms with Gasteiger partial charge in [0.25, 0.3) is 0 Å². The molecule has 0 N–H and O–H groups in total. The Kier molecular flexibility index (Phi) is 3.50. The van der Waals surface area contributed by atoms with Crippen molar-refractivity contribution >= 4 is 10.0 Å². The number of nitrogens with zero attached hydrogens (tertiary/aromatic N) is 4. The van der Waals surface area contributed by atoms with E-state index >= 15 is 0 Å². The van der Waals surface area contributed by atoms with E-state index in [0.29, 0.717) is 18.5 Å². The molecule has 112 valence electrons. The van der Waals surface area contributed by atoms with E-state index in [0.717, 1.165) is 0 Å². The predicted molar refractivity (Wildman–Crippen MR) is 73.6 cm³/mol. The van der Waals surface area contributed by atoms with Gasteiger partial charge in [-0.05, 0) is 31.0 Å². The van der Waals surface area contributed by atoms with E-state index in [1.54, 1.807) is 24.0 Å². The smallest absolute Gasteiger partial charge is 0.246 e. The van der Waals surface area contributed by atoms with Crippen LogP contribution in [0.1, 0.15) is 18.0 Å². The summed E-state index contributed by atoms with van der Waals surface area (Å²) < 4.78 is 41.9. The van der Waals surface area contributed by atoms with Gasteiger partial charge in [0.15, 0.2) is 0 Å². The highest BCUT2D eigenvalue weighted by atomic mass is 32.2. The molecule has 1 aromatic carbocycles. The summed E-state index contributed by atoms with van der Waals surface area (Å²) in [6.45, 7) is 2.36. The van der Waals surface area contributed by atoms with E-state index in [-0.39, 0.29) is 17.5 Å². The van der Waals surface area contributed by atoms with E-state index in [4.69, 9.17) is 0 Å². The molecule has 1 saturated heterocycles. The Morgan fingerprint density at radius 3 is 2.90 bits per heavy atom. The predicted octanol–water partition coefficient (Wildman–Crippen LogP) is 1.36. The van der Waals surface area contributed by atoms with Crippen LogP contribution in [-0.2, 0) is 10.0 Å². The van der Waals surface area contributed by atoms with Crippen LogP contribution in [0.25, 0.3) is 0 Å². The fraction of sp³-hybridized carbons (Fsp3) is 0.385. The summed E-state index contributed by atoms with van der Waals surface area (Å²) in [5, 5.41) is 4.03. The Morgan fingerprint density at radius 1 is 1.38 bits per heavy atom. The molecule has 1 aliphatic heterocycles. The second kappa shape index (κ2) is 5.19. The Bertz CT molecular complexity index is 746. The van der Waals surface area contributed by atoms with Gasteiger partial charge < -0.3 is 0 Å². The number of aryl methyl sites for hydroxylation is 1. The third kappa shape index (κ3) is 2.56. The summed E-state index contributed by atoms with van der Waals surface area (Å²) in [4.78, 5) is 3.60. The van der Waals surface area contributed by atoms with Gasteiger partial charge in [0, 0.05) is 13.1 Å². The number of sulfonamides is 1. The Morgan fingerprint density at radius 2 is 2.19 bits per heavy atom. The number of benzene rings is 1. The van der Waals surface area contributed by atoms with Gasteiger partial charge in [0.05, 0.1) is 6.04 Å². The molecule has 2 heterocycles. The average molecular weight is 310 g/mol. The van der Waals surface area contributed by atoms with Crippen molar-refractivity contribution < 1.29 is 12.8 Å². The summed E-state index contributed by atoms with van der Waals surface area (Å²) in [5.74, 6) is -0.718. The monoisotopic (exact) mass is 310 g/mol. The van der Waals surface area contributed by atoms with Crippen LogP contribution in [0.5, 0.6) is 0 Å². The topological polar surface area (TPSA) is 68.1 Å². The van der Waals surface area contributed by atoms with Crippen LogP contribution >= 0.6 is 0 Å². The number of halogens is 1. The first-order valence-electron chi connectivity index (χ1n) is 6.59. The fourth-order valence-corrected chi connectivity index (χ4v) is 4.14. The Balaban J connectivity index is 1.88. The van der Waals surface area contributed by atoms with E-state index in [1.807, 2.05) is 0 Å². The first kappa shape index (κ1) is 14.2. The lowest BCUT2D eigenvalue weighted by Crippen LogP contribution is -2.30. The highest BCUT2D eigenvalue weighted by Crippen LogP contribution is 2.28. The van der Waals surface area contributed by atoms with E-state index in [2.05, 4.69) is 10.1 Å². The molecule has 8 heteroatoms. The lowest BCUT2D eigenvalue weighted by molar-refractivity contribution is 0.431. The zero-order valence-electron chi connectivity index (χ0n) is 11.5. The molecular formula is C13H15FN4O2S. The number of hydrogen-bond donors (Lipinski definition) is 0. The van der Waals surface area contributed by atoms with Gasteiger partial charge in [-0.15, -0.1) is 0 Å². The van der Waals surface area contributed by atoms with Crippen LogP contribution < -0.4 is 0 Å². The molecule has 0 spiro atoms. The highest BCUT2D eigenvalue weighted by molar-refractivity contribution is 7.89. The number of rotatable bonds is 3. The van der Waals surface area contributed by atoms with E-state index < -0.39 is 15.8 Å². The van der Waals surface area contributed by atoms with Gasteiger partial charge in [0.2, 0.25) is 10.0 Å². The standard InChI is InChI=1S/C13H15FN4O2S/c1-10-2-3-12(14)13(6-10)21(19,20)17-5-4-11(7-17)18-9-15-8-16-18/h2-3,6,8-9,11H,4-5,7H2,1H3. The van der Waals surface area contributed by atoms with Crippen molar-refractivity contribution in [2.45, 2.75) is 24.3 Å². The maximum atomic E-state index is 13.9. The second-order valence-corrected chi connectivity index (χ2v) is 7.02. The molecule has 21 heavy (non-hydrogen) atoms. The summed E-state index contributed by atoms with van der Waals surface area (Å²) in [7, 11) is -3.82. The SMILES string of the molecule is Cc1ccc(F)c(S(=O)(=O)N2CCC(n3cncn3)C2)c1. The molecule has 1 aliphatic rings. The third-order valence-electron chi connectivity index (χ3n) is 3.64. The van der Waals surface area contributed by atoms with Gasteiger partial charge in [0.1, 0.15) is 23.4 Å². The fourth-order valence-electron chi connectivity index (χ4n) is 2.50. The van der Waals surface area contributed by atoms with Crippen molar-refractivity contribution in [2.75, 3.05) is 13.1 Å². The van der Waals surface area contributed by atoms with Gasteiger partial charge >= 0.3 is 0 Å². The number of aromatic nitrogens is 3. The largest absolute Gasteiger partial charge is 0.249 e. The first-order chi connectivity index (χ1) is 9.98. The minimum Gasteiger partial charge on any atom is -0.249 e. The summed E-state index contributed by atoms with van der Waals surface area (Å²) in [5.41, 5.74) is 0.710. The molecule has 0 bridgehead atoms. The Hall–Kier alpha value is -1.80. The molecule has 1 fully saturated rings. The minimum absolute atomic E-state index is 0.0601. The average Bonchev–Trinajstić information content (AvgIpc) is 3.11. The van der Waals surface area contributed by atoms with Crippen molar-refractivity contribution in [1.82, 2.24) is 19.1 Å². The second-order valence-electron chi connectivity index (χ2n) is 5.11. The molecular weight excluding hydrogens is 295 g/mol. The molecule has 0 aliphatic carbocycles. The molecule has 0 radical (unpaired) electrons. The molecule has 1 atom stereocenters. The first-order valence-corrected chi connectivity index (χ1v) is 8.03. The van der Waals surface area contributed by atoms with E-state index in [9.17, 15) is 12.8 Å². The molecule has 2 aromatic rings.